The SMILES string of the molecule is O=C(CSc1cc(Cl)ccc1Cl)N1CCNCC1c1cccnc1. The molecule has 1 N–H and O–H groups in total. The smallest absolute Gasteiger partial charge is 0.233 e. The number of nitrogens with zero attached hydrogens (tertiary/aromatic N) is 2. The van der Waals surface area contributed by atoms with Crippen LogP contribution >= 0.6 is 35.0 Å². The summed E-state index contributed by atoms with van der Waals surface area (Å²) in [7, 11) is 0. The first-order chi connectivity index (χ1) is 11.6. The third-order valence-electron chi connectivity index (χ3n) is 3.88. The zero-order chi connectivity index (χ0) is 16.9. The maximum Gasteiger partial charge on any atom is 0.233 e. The molecule has 7 heteroatoms. The number of pyridine rings is 1. The lowest BCUT2D eigenvalue weighted by molar-refractivity contribution is -0.131. The second-order valence-corrected chi connectivity index (χ2v) is 7.32. The molecule has 1 aliphatic heterocycles. The van der Waals surface area contributed by atoms with Gasteiger partial charge in [0.05, 0.1) is 16.8 Å². The average Bonchev–Trinajstić information content (AvgIpc) is 2.63. The number of carbonyl (C=O) groups excluding carboxylic acids is 1. The summed E-state index contributed by atoms with van der Waals surface area (Å²) >= 11 is 13.6. The first-order valence-electron chi connectivity index (χ1n) is 7.63. The van der Waals surface area contributed by atoms with Crippen molar-refractivity contribution in [2.75, 3.05) is 25.4 Å². The van der Waals surface area contributed by atoms with Crippen molar-refractivity contribution in [3.63, 3.8) is 0 Å². The van der Waals surface area contributed by atoms with E-state index in [4.69, 9.17) is 23.2 Å². The van der Waals surface area contributed by atoms with E-state index >= 15 is 0 Å². The van der Waals surface area contributed by atoms with E-state index in [1.165, 1.54) is 11.8 Å². The van der Waals surface area contributed by atoms with Crippen LogP contribution in [0.5, 0.6) is 0 Å². The summed E-state index contributed by atoms with van der Waals surface area (Å²) in [5, 5.41) is 4.57. The van der Waals surface area contributed by atoms with E-state index in [2.05, 4.69) is 10.3 Å². The van der Waals surface area contributed by atoms with Gasteiger partial charge < -0.3 is 10.2 Å². The van der Waals surface area contributed by atoms with Gasteiger partial charge in [-0.2, -0.15) is 0 Å². The molecule has 0 spiro atoms. The summed E-state index contributed by atoms with van der Waals surface area (Å²) < 4.78 is 0. The minimum Gasteiger partial charge on any atom is -0.332 e. The first kappa shape index (κ1) is 17.5. The van der Waals surface area contributed by atoms with E-state index < -0.39 is 0 Å². The summed E-state index contributed by atoms with van der Waals surface area (Å²) in [6.45, 7) is 2.22. The molecule has 0 bridgehead atoms. The Morgan fingerprint density at radius 2 is 2.25 bits per heavy atom. The molecule has 0 aliphatic carbocycles. The maximum absolute atomic E-state index is 12.7. The van der Waals surface area contributed by atoms with E-state index in [0.717, 1.165) is 23.5 Å². The van der Waals surface area contributed by atoms with Gasteiger partial charge in [-0.25, -0.2) is 0 Å². The van der Waals surface area contributed by atoms with E-state index in [-0.39, 0.29) is 11.9 Å². The molecule has 1 amide bonds. The predicted molar refractivity (Wildman–Crippen MR) is 98.7 cm³/mol. The molecule has 126 valence electrons. The lowest BCUT2D eigenvalue weighted by Crippen LogP contribution is -2.49. The van der Waals surface area contributed by atoms with Crippen molar-refractivity contribution in [3.05, 3.63) is 58.3 Å². The van der Waals surface area contributed by atoms with Crippen molar-refractivity contribution >= 4 is 40.9 Å². The molecule has 2 heterocycles. The third-order valence-corrected chi connectivity index (χ3v) is 5.59. The number of nitrogens with one attached hydrogen (secondary N) is 1. The molecule has 0 saturated carbocycles. The molecule has 1 saturated heterocycles. The fraction of sp³-hybridized carbons (Fsp3) is 0.294. The summed E-state index contributed by atoms with van der Waals surface area (Å²) in [5.74, 6) is 0.419. The number of carbonyl (C=O) groups is 1. The average molecular weight is 382 g/mol. The van der Waals surface area contributed by atoms with Crippen LogP contribution in [0.1, 0.15) is 11.6 Å². The predicted octanol–water partition coefficient (Wildman–Crippen LogP) is 3.65. The number of benzene rings is 1. The highest BCUT2D eigenvalue weighted by atomic mass is 35.5. The summed E-state index contributed by atoms with van der Waals surface area (Å²) in [6, 6.07) is 9.19. The normalized spacial score (nSPS) is 17.8. The molecule has 2 aromatic rings. The van der Waals surface area contributed by atoms with Gasteiger partial charge >= 0.3 is 0 Å². The minimum absolute atomic E-state index is 0.00961. The summed E-state index contributed by atoms with van der Waals surface area (Å²) in [5.41, 5.74) is 1.05. The molecule has 1 atom stereocenters. The Kier molecular flexibility index (Phi) is 6.00. The highest BCUT2D eigenvalue weighted by Gasteiger charge is 2.27. The highest BCUT2D eigenvalue weighted by molar-refractivity contribution is 8.00. The van der Waals surface area contributed by atoms with Crippen LogP contribution in [0.25, 0.3) is 0 Å². The molecule has 1 aliphatic rings. The van der Waals surface area contributed by atoms with E-state index in [9.17, 15) is 4.79 Å². The Bertz CT molecular complexity index is 714. The molecule has 24 heavy (non-hydrogen) atoms. The fourth-order valence-electron chi connectivity index (χ4n) is 2.68. The van der Waals surface area contributed by atoms with Crippen molar-refractivity contribution in [1.29, 1.82) is 0 Å². The van der Waals surface area contributed by atoms with Gasteiger partial charge in [0.15, 0.2) is 0 Å². The van der Waals surface area contributed by atoms with Gasteiger partial charge in [-0.1, -0.05) is 29.3 Å². The second kappa shape index (κ2) is 8.21. The molecule has 1 fully saturated rings. The van der Waals surface area contributed by atoms with Gasteiger partial charge in [0.2, 0.25) is 5.91 Å². The third kappa shape index (κ3) is 4.22. The van der Waals surface area contributed by atoms with Crippen molar-refractivity contribution in [3.8, 4) is 0 Å². The van der Waals surface area contributed by atoms with Crippen molar-refractivity contribution in [1.82, 2.24) is 15.2 Å². The zero-order valence-electron chi connectivity index (χ0n) is 12.9. The minimum atomic E-state index is 0.00961. The fourth-order valence-corrected chi connectivity index (χ4v) is 4.06. The molecule has 3 rings (SSSR count). The van der Waals surface area contributed by atoms with E-state index in [1.807, 2.05) is 23.2 Å². The van der Waals surface area contributed by atoms with E-state index in [0.29, 0.717) is 22.3 Å². The van der Waals surface area contributed by atoms with Crippen molar-refractivity contribution in [2.24, 2.45) is 0 Å². The maximum atomic E-state index is 12.7. The Morgan fingerprint density at radius 3 is 3.04 bits per heavy atom. The van der Waals surface area contributed by atoms with Gasteiger partial charge in [-0.05, 0) is 29.8 Å². The van der Waals surface area contributed by atoms with Crippen LogP contribution in [-0.4, -0.2) is 41.2 Å². The Labute approximate surface area is 155 Å². The van der Waals surface area contributed by atoms with Crippen LogP contribution in [0.15, 0.2) is 47.6 Å². The van der Waals surface area contributed by atoms with Crippen LogP contribution in [0.4, 0.5) is 0 Å². The second-order valence-electron chi connectivity index (χ2n) is 5.46. The largest absolute Gasteiger partial charge is 0.332 e. The quantitative estimate of drug-likeness (QED) is 0.820. The molecule has 4 nitrogen and oxygen atoms in total. The topological polar surface area (TPSA) is 45.2 Å². The lowest BCUT2D eigenvalue weighted by Gasteiger charge is -2.36. The molecule has 1 aromatic heterocycles. The van der Waals surface area contributed by atoms with Gasteiger partial charge in [0, 0.05) is 41.9 Å². The van der Waals surface area contributed by atoms with Crippen LogP contribution in [0, 0.1) is 0 Å². The number of piperazine rings is 1. The number of rotatable bonds is 4. The molecule has 1 aromatic carbocycles. The van der Waals surface area contributed by atoms with Gasteiger partial charge in [-0.15, -0.1) is 11.8 Å². The van der Waals surface area contributed by atoms with Crippen LogP contribution in [-0.2, 0) is 4.79 Å². The lowest BCUT2D eigenvalue weighted by atomic mass is 10.1. The van der Waals surface area contributed by atoms with Crippen LogP contribution in [0.2, 0.25) is 10.0 Å². The number of amides is 1. The molecule has 1 unspecified atom stereocenters. The Morgan fingerprint density at radius 1 is 1.38 bits per heavy atom. The van der Waals surface area contributed by atoms with Gasteiger partial charge in [0.1, 0.15) is 0 Å². The molecule has 0 radical (unpaired) electrons. The monoisotopic (exact) mass is 381 g/mol. The first-order valence-corrected chi connectivity index (χ1v) is 9.37. The summed E-state index contributed by atoms with van der Waals surface area (Å²) in [4.78, 5) is 19.6. The number of hydrogen-bond donors (Lipinski definition) is 1. The van der Waals surface area contributed by atoms with Gasteiger partial charge in [-0.3, -0.25) is 9.78 Å². The van der Waals surface area contributed by atoms with Crippen molar-refractivity contribution < 1.29 is 4.79 Å². The Hall–Kier alpha value is -1.27. The zero-order valence-corrected chi connectivity index (χ0v) is 15.2. The van der Waals surface area contributed by atoms with E-state index in [1.54, 1.807) is 24.4 Å². The van der Waals surface area contributed by atoms with Crippen molar-refractivity contribution in [2.45, 2.75) is 10.9 Å². The molecular formula is C17H17Cl2N3OS. The van der Waals surface area contributed by atoms with Crippen LogP contribution < -0.4 is 5.32 Å². The number of aromatic nitrogens is 1. The van der Waals surface area contributed by atoms with Crippen LogP contribution in [0.3, 0.4) is 0 Å². The number of hydrogen-bond acceptors (Lipinski definition) is 4. The summed E-state index contributed by atoms with van der Waals surface area (Å²) in [6.07, 6.45) is 3.56. The number of halogens is 2. The van der Waals surface area contributed by atoms with Gasteiger partial charge in [0.25, 0.3) is 0 Å². The highest BCUT2D eigenvalue weighted by Crippen LogP contribution is 2.31. The Balaban J connectivity index is 1.69. The molecular weight excluding hydrogens is 365 g/mol. The standard InChI is InChI=1S/C17H17Cl2N3OS/c18-13-3-4-14(19)16(8-13)24-11-17(23)22-7-6-21-10-15(22)12-2-1-5-20-9-12/h1-5,8-9,15,21H,6-7,10-11H2. The number of thioether (sulfide) groups is 1.